The highest BCUT2D eigenvalue weighted by atomic mass is 35.5. The van der Waals surface area contributed by atoms with Gasteiger partial charge >= 0.3 is 0 Å². The minimum Gasteiger partial charge on any atom is -0.340 e. The number of Topliss-reactive ketones (excluding diaryl/α,β-unsaturated/α-hetero) is 1. The molecule has 4 rings (SSSR count). The van der Waals surface area contributed by atoms with Gasteiger partial charge in [-0.15, -0.1) is 0 Å². The van der Waals surface area contributed by atoms with Crippen LogP contribution in [0.15, 0.2) is 24.3 Å². The van der Waals surface area contributed by atoms with E-state index in [0.29, 0.717) is 11.4 Å². The number of carbonyl (C=O) groups is 1. The van der Waals surface area contributed by atoms with Crippen molar-refractivity contribution in [1.82, 2.24) is 4.98 Å². The molecule has 3 nitrogen and oxygen atoms in total. The molecule has 0 radical (unpaired) electrons. The molecule has 130 valence electrons. The van der Waals surface area contributed by atoms with E-state index in [9.17, 15) is 4.79 Å². The van der Waals surface area contributed by atoms with Crippen LogP contribution in [0.2, 0.25) is 5.02 Å². The molecule has 0 amide bonds. The predicted molar refractivity (Wildman–Crippen MR) is 102 cm³/mol. The monoisotopic (exact) mass is 354 g/mol. The smallest absolute Gasteiger partial charge is 0.165 e. The summed E-state index contributed by atoms with van der Waals surface area (Å²) in [4.78, 5) is 17.7. The minimum atomic E-state index is -0.0205. The Morgan fingerprint density at radius 1 is 1.12 bits per heavy atom. The number of ketones is 1. The fourth-order valence-electron chi connectivity index (χ4n) is 4.18. The van der Waals surface area contributed by atoms with Crippen LogP contribution in [0.25, 0.3) is 0 Å². The van der Waals surface area contributed by atoms with E-state index < -0.39 is 0 Å². The molecule has 2 aromatic rings. The number of carbonyl (C=O) groups excluding carboxylic acids is 1. The molecular weight excluding hydrogens is 332 g/mol. The Bertz CT molecular complexity index is 857. The first-order valence-electron chi connectivity index (χ1n) is 9.03. The summed E-state index contributed by atoms with van der Waals surface area (Å²) >= 11 is 6.12. The molecule has 1 N–H and O–H groups in total. The number of aromatic nitrogens is 1. The largest absolute Gasteiger partial charge is 0.340 e. The number of benzene rings is 1. The highest BCUT2D eigenvalue weighted by Crippen LogP contribution is 2.40. The summed E-state index contributed by atoms with van der Waals surface area (Å²) in [5, 5.41) is 4.16. The maximum absolute atomic E-state index is 12.8. The zero-order valence-corrected chi connectivity index (χ0v) is 15.5. The molecule has 0 saturated carbocycles. The predicted octanol–water partition coefficient (Wildman–Crippen LogP) is 5.51. The number of hydrogen-bond donors (Lipinski definition) is 1. The van der Waals surface area contributed by atoms with Crippen LogP contribution in [0.1, 0.15) is 60.3 Å². The number of halogens is 1. The molecule has 0 saturated heterocycles. The number of nitrogens with zero attached hydrogens (tertiary/aromatic N) is 1. The van der Waals surface area contributed by atoms with Crippen molar-refractivity contribution in [3.8, 4) is 0 Å². The maximum Gasteiger partial charge on any atom is 0.165 e. The third-order valence-corrected chi connectivity index (χ3v) is 5.48. The van der Waals surface area contributed by atoms with E-state index in [1.54, 1.807) is 0 Å². The molecule has 4 heteroatoms. The normalized spacial score (nSPS) is 18.4. The summed E-state index contributed by atoms with van der Waals surface area (Å²) in [6.07, 6.45) is 5.74. The Labute approximate surface area is 153 Å². The Morgan fingerprint density at radius 3 is 2.64 bits per heavy atom. The first-order chi connectivity index (χ1) is 11.9. The molecule has 0 unspecified atom stereocenters. The van der Waals surface area contributed by atoms with Crippen molar-refractivity contribution in [3.63, 3.8) is 0 Å². The average molecular weight is 355 g/mol. The number of pyridine rings is 1. The second kappa shape index (κ2) is 6.14. The Hall–Kier alpha value is -1.87. The molecule has 1 aromatic carbocycles. The van der Waals surface area contributed by atoms with E-state index in [0.717, 1.165) is 54.9 Å². The van der Waals surface area contributed by atoms with Gasteiger partial charge in [-0.1, -0.05) is 31.5 Å². The number of fused-ring (bicyclic) bond motifs is 3. The number of hydrogen-bond acceptors (Lipinski definition) is 3. The van der Waals surface area contributed by atoms with Crippen molar-refractivity contribution < 1.29 is 4.79 Å². The molecule has 1 aromatic heterocycles. The summed E-state index contributed by atoms with van der Waals surface area (Å²) in [7, 11) is 0. The fourth-order valence-corrected chi connectivity index (χ4v) is 4.37. The van der Waals surface area contributed by atoms with Gasteiger partial charge < -0.3 is 5.32 Å². The third-order valence-electron chi connectivity index (χ3n) is 5.24. The van der Waals surface area contributed by atoms with Crippen molar-refractivity contribution in [3.05, 3.63) is 51.7 Å². The quantitative estimate of drug-likeness (QED) is 0.772. The number of rotatable bonds is 2. The van der Waals surface area contributed by atoms with Gasteiger partial charge in [0.1, 0.15) is 5.82 Å². The maximum atomic E-state index is 12.8. The lowest BCUT2D eigenvalue weighted by molar-refractivity contribution is 0.0908. The van der Waals surface area contributed by atoms with Crippen LogP contribution in [0, 0.1) is 5.41 Å². The third kappa shape index (κ3) is 3.18. The van der Waals surface area contributed by atoms with Gasteiger partial charge in [-0.05, 0) is 66.8 Å². The molecule has 0 atom stereocenters. The first-order valence-corrected chi connectivity index (χ1v) is 9.41. The Balaban J connectivity index is 1.83. The van der Waals surface area contributed by atoms with Crippen molar-refractivity contribution in [2.45, 2.75) is 52.4 Å². The van der Waals surface area contributed by atoms with Crippen LogP contribution in [0.5, 0.6) is 0 Å². The van der Waals surface area contributed by atoms with Gasteiger partial charge in [0.2, 0.25) is 0 Å². The van der Waals surface area contributed by atoms with Crippen molar-refractivity contribution in [1.29, 1.82) is 0 Å². The highest BCUT2D eigenvalue weighted by Gasteiger charge is 2.35. The molecule has 2 aliphatic carbocycles. The molecular formula is C21H23ClN2O. The van der Waals surface area contributed by atoms with E-state index in [-0.39, 0.29) is 11.2 Å². The molecule has 0 spiro atoms. The van der Waals surface area contributed by atoms with Gasteiger partial charge in [0.15, 0.2) is 5.78 Å². The number of anilines is 2. The zero-order valence-electron chi connectivity index (χ0n) is 14.8. The van der Waals surface area contributed by atoms with E-state index in [1.807, 2.05) is 24.3 Å². The molecule has 0 aliphatic heterocycles. The summed E-state index contributed by atoms with van der Waals surface area (Å²) < 4.78 is 0. The Morgan fingerprint density at radius 2 is 1.88 bits per heavy atom. The number of nitrogens with one attached hydrogen (secondary N) is 1. The zero-order chi connectivity index (χ0) is 17.6. The van der Waals surface area contributed by atoms with Crippen molar-refractivity contribution >= 4 is 28.9 Å². The molecule has 2 aliphatic rings. The lowest BCUT2D eigenvalue weighted by Gasteiger charge is -2.33. The Kier molecular flexibility index (Phi) is 4.07. The lowest BCUT2D eigenvalue weighted by atomic mass is 9.72. The second-order valence-electron chi connectivity index (χ2n) is 8.02. The van der Waals surface area contributed by atoms with E-state index in [2.05, 4.69) is 19.2 Å². The molecule has 1 heterocycles. The topological polar surface area (TPSA) is 42.0 Å². The summed E-state index contributed by atoms with van der Waals surface area (Å²) in [6, 6.07) is 7.70. The van der Waals surface area contributed by atoms with E-state index in [1.165, 1.54) is 11.1 Å². The van der Waals surface area contributed by atoms with E-state index in [4.69, 9.17) is 16.6 Å². The SMILES string of the molecule is CC1(C)CC(=O)c2c(nc(Nc3cccc(Cl)c3)c3c2CCCC3)C1. The van der Waals surface area contributed by atoms with Crippen LogP contribution < -0.4 is 5.32 Å². The molecule has 0 fully saturated rings. The second-order valence-corrected chi connectivity index (χ2v) is 8.46. The molecule has 25 heavy (non-hydrogen) atoms. The van der Waals surface area contributed by atoms with Gasteiger partial charge in [-0.3, -0.25) is 4.79 Å². The summed E-state index contributed by atoms with van der Waals surface area (Å²) in [5.41, 5.74) is 5.26. The van der Waals surface area contributed by atoms with Gasteiger partial charge in [0, 0.05) is 22.7 Å². The average Bonchev–Trinajstić information content (AvgIpc) is 2.53. The first kappa shape index (κ1) is 16.6. The highest BCUT2D eigenvalue weighted by molar-refractivity contribution is 6.30. The van der Waals surface area contributed by atoms with Crippen LogP contribution in [-0.4, -0.2) is 10.8 Å². The van der Waals surface area contributed by atoms with Gasteiger partial charge in [-0.2, -0.15) is 0 Å². The fraction of sp³-hybridized carbons (Fsp3) is 0.429. The van der Waals surface area contributed by atoms with E-state index >= 15 is 0 Å². The summed E-state index contributed by atoms with van der Waals surface area (Å²) in [5.74, 6) is 1.17. The van der Waals surface area contributed by atoms with Crippen molar-refractivity contribution in [2.75, 3.05) is 5.32 Å². The van der Waals surface area contributed by atoms with Gasteiger partial charge in [-0.25, -0.2) is 4.98 Å². The van der Waals surface area contributed by atoms with Crippen LogP contribution >= 0.6 is 11.6 Å². The van der Waals surface area contributed by atoms with Crippen LogP contribution in [0.3, 0.4) is 0 Å². The lowest BCUT2D eigenvalue weighted by Crippen LogP contribution is -2.30. The van der Waals surface area contributed by atoms with Crippen LogP contribution in [-0.2, 0) is 19.3 Å². The van der Waals surface area contributed by atoms with Gasteiger partial charge in [0.25, 0.3) is 0 Å². The minimum absolute atomic E-state index is 0.0205. The van der Waals surface area contributed by atoms with Crippen LogP contribution in [0.4, 0.5) is 11.5 Å². The molecule has 0 bridgehead atoms. The van der Waals surface area contributed by atoms with Gasteiger partial charge in [0.05, 0.1) is 5.69 Å². The summed E-state index contributed by atoms with van der Waals surface area (Å²) in [6.45, 7) is 4.30. The standard InChI is InChI=1S/C21H23ClN2O/c1-21(2)11-17-19(18(25)12-21)15-8-3-4-9-16(15)20(24-17)23-14-7-5-6-13(22)10-14/h5-7,10H,3-4,8-9,11-12H2,1-2H3,(H,23,24). The van der Waals surface area contributed by atoms with Crippen molar-refractivity contribution in [2.24, 2.45) is 5.41 Å².